The van der Waals surface area contributed by atoms with Crippen molar-refractivity contribution >= 4 is 29.2 Å². The lowest BCUT2D eigenvalue weighted by Crippen LogP contribution is -2.16. The normalized spacial score (nSPS) is 9.71. The molecule has 0 bridgehead atoms. The maximum Gasteiger partial charge on any atom is 0.337 e. The largest absolute Gasteiger partial charge is 0.478 e. The van der Waals surface area contributed by atoms with Crippen molar-refractivity contribution in [3.05, 3.63) is 58.4 Å². The number of aromatic nitrogens is 1. The number of rotatable bonds is 3. The number of aromatic carboxylic acids is 1. The highest BCUT2D eigenvalue weighted by atomic mass is 35.5. The van der Waals surface area contributed by atoms with Crippen LogP contribution < -0.4 is 5.32 Å². The third-order valence-electron chi connectivity index (χ3n) is 2.61. The molecule has 1 amide bonds. The van der Waals surface area contributed by atoms with E-state index in [0.29, 0.717) is 5.56 Å². The highest BCUT2D eigenvalue weighted by Gasteiger charge is 2.17. The summed E-state index contributed by atoms with van der Waals surface area (Å²) in [6, 6.07) is 8.96. The molecule has 0 radical (unpaired) electrons. The van der Waals surface area contributed by atoms with Gasteiger partial charge in [-0.1, -0.05) is 17.7 Å². The Morgan fingerprint density at radius 1 is 1.29 bits per heavy atom. The van der Waals surface area contributed by atoms with Crippen LogP contribution in [0.1, 0.15) is 26.4 Å². The molecule has 0 unspecified atom stereocenters. The fraction of sp³-hybridized carbons (Fsp3) is 0. The number of hydrogen-bond donors (Lipinski definition) is 2. The smallest absolute Gasteiger partial charge is 0.337 e. The van der Waals surface area contributed by atoms with Gasteiger partial charge in [0.2, 0.25) is 0 Å². The van der Waals surface area contributed by atoms with E-state index in [4.69, 9.17) is 22.0 Å². The number of hydrogen-bond acceptors (Lipinski definition) is 4. The fourth-order valence-corrected chi connectivity index (χ4v) is 1.82. The number of para-hydroxylation sites is 1. The van der Waals surface area contributed by atoms with Crippen molar-refractivity contribution in [3.63, 3.8) is 0 Å². The average molecular weight is 302 g/mol. The second kappa shape index (κ2) is 6.03. The Kier molecular flexibility index (Phi) is 4.16. The lowest BCUT2D eigenvalue weighted by atomic mass is 10.1. The van der Waals surface area contributed by atoms with Crippen molar-refractivity contribution in [3.8, 4) is 6.07 Å². The molecule has 104 valence electrons. The van der Waals surface area contributed by atoms with E-state index >= 15 is 0 Å². The van der Waals surface area contributed by atoms with Gasteiger partial charge < -0.3 is 10.4 Å². The predicted molar refractivity (Wildman–Crippen MR) is 75.3 cm³/mol. The minimum atomic E-state index is -1.21. The molecule has 2 aromatic rings. The van der Waals surface area contributed by atoms with E-state index in [-0.39, 0.29) is 22.0 Å². The summed E-state index contributed by atoms with van der Waals surface area (Å²) >= 11 is 5.91. The molecule has 21 heavy (non-hydrogen) atoms. The van der Waals surface area contributed by atoms with Crippen molar-refractivity contribution in [2.24, 2.45) is 0 Å². The van der Waals surface area contributed by atoms with Gasteiger partial charge in [-0.15, -0.1) is 0 Å². The number of halogens is 1. The van der Waals surface area contributed by atoms with Gasteiger partial charge in [-0.25, -0.2) is 9.78 Å². The molecular formula is C14H8ClN3O3. The number of nitrogens with one attached hydrogen (secondary N) is 1. The van der Waals surface area contributed by atoms with Gasteiger partial charge in [0.25, 0.3) is 5.91 Å². The molecular weight excluding hydrogens is 294 g/mol. The summed E-state index contributed by atoms with van der Waals surface area (Å²) in [5, 5.41) is 20.3. The van der Waals surface area contributed by atoms with E-state index < -0.39 is 11.9 Å². The molecule has 0 spiro atoms. The number of anilines is 1. The van der Waals surface area contributed by atoms with Crippen molar-refractivity contribution in [1.29, 1.82) is 5.26 Å². The molecule has 0 saturated carbocycles. The van der Waals surface area contributed by atoms with Crippen molar-refractivity contribution in [2.75, 3.05) is 5.32 Å². The van der Waals surface area contributed by atoms with Gasteiger partial charge in [0, 0.05) is 6.20 Å². The van der Waals surface area contributed by atoms with E-state index in [0.717, 1.165) is 0 Å². The second-order valence-corrected chi connectivity index (χ2v) is 4.37. The highest BCUT2D eigenvalue weighted by molar-refractivity contribution is 6.34. The monoisotopic (exact) mass is 301 g/mol. The van der Waals surface area contributed by atoms with Crippen LogP contribution in [-0.2, 0) is 0 Å². The summed E-state index contributed by atoms with van der Waals surface area (Å²) in [6.45, 7) is 0. The SMILES string of the molecule is N#Cc1ccc(C(=O)Nc2c(Cl)cccc2C(=O)O)nc1. The van der Waals surface area contributed by atoms with E-state index in [1.165, 1.54) is 36.5 Å². The van der Waals surface area contributed by atoms with Crippen LogP contribution in [0.15, 0.2) is 36.5 Å². The van der Waals surface area contributed by atoms with Crippen LogP contribution >= 0.6 is 11.6 Å². The minimum absolute atomic E-state index is 0.00262. The van der Waals surface area contributed by atoms with E-state index in [9.17, 15) is 9.59 Å². The first-order chi connectivity index (χ1) is 10.0. The minimum Gasteiger partial charge on any atom is -0.478 e. The molecule has 0 saturated heterocycles. The summed E-state index contributed by atoms with van der Waals surface area (Å²) in [7, 11) is 0. The summed E-state index contributed by atoms with van der Waals surface area (Å²) in [5.74, 6) is -1.82. The maximum absolute atomic E-state index is 12.0. The van der Waals surface area contributed by atoms with Crippen LogP contribution in [0.25, 0.3) is 0 Å². The van der Waals surface area contributed by atoms with Crippen molar-refractivity contribution < 1.29 is 14.7 Å². The molecule has 0 aliphatic rings. The molecule has 0 atom stereocenters. The molecule has 1 aromatic heterocycles. The molecule has 2 N–H and O–H groups in total. The lowest BCUT2D eigenvalue weighted by molar-refractivity contribution is 0.0698. The van der Waals surface area contributed by atoms with Crippen LogP contribution in [0.5, 0.6) is 0 Å². The number of nitriles is 1. The van der Waals surface area contributed by atoms with Crippen LogP contribution in [0.3, 0.4) is 0 Å². The standard InChI is InChI=1S/C14H8ClN3O3/c15-10-3-1-2-9(14(20)21)12(10)18-13(19)11-5-4-8(6-16)7-17-11/h1-5,7H,(H,18,19)(H,20,21). The van der Waals surface area contributed by atoms with Gasteiger partial charge >= 0.3 is 5.97 Å². The summed E-state index contributed by atoms with van der Waals surface area (Å²) < 4.78 is 0. The van der Waals surface area contributed by atoms with Crippen molar-refractivity contribution in [1.82, 2.24) is 4.98 Å². The molecule has 7 heteroatoms. The number of carbonyl (C=O) groups is 2. The number of pyridine rings is 1. The Morgan fingerprint density at radius 2 is 2.05 bits per heavy atom. The zero-order valence-electron chi connectivity index (χ0n) is 10.5. The van der Waals surface area contributed by atoms with E-state index in [1.807, 2.05) is 6.07 Å². The zero-order valence-corrected chi connectivity index (χ0v) is 11.3. The summed E-state index contributed by atoms with van der Waals surface area (Å²) in [6.07, 6.45) is 1.25. The number of carboxylic acids is 1. The van der Waals surface area contributed by atoms with Crippen LogP contribution in [0.2, 0.25) is 5.02 Å². The summed E-state index contributed by atoms with van der Waals surface area (Å²) in [4.78, 5) is 27.0. The molecule has 0 fully saturated rings. The number of amides is 1. The number of benzene rings is 1. The third-order valence-corrected chi connectivity index (χ3v) is 2.92. The van der Waals surface area contributed by atoms with Gasteiger partial charge in [0.15, 0.2) is 0 Å². The topological polar surface area (TPSA) is 103 Å². The number of nitrogens with zero attached hydrogens (tertiary/aromatic N) is 2. The third kappa shape index (κ3) is 3.16. The van der Waals surface area contributed by atoms with Gasteiger partial charge in [-0.2, -0.15) is 5.26 Å². The average Bonchev–Trinajstić information content (AvgIpc) is 2.49. The van der Waals surface area contributed by atoms with Gasteiger partial charge in [0.05, 0.1) is 21.8 Å². The maximum atomic E-state index is 12.0. The number of carbonyl (C=O) groups excluding carboxylic acids is 1. The van der Waals surface area contributed by atoms with Crippen molar-refractivity contribution in [2.45, 2.75) is 0 Å². The van der Waals surface area contributed by atoms with Crippen LogP contribution in [0, 0.1) is 11.3 Å². The predicted octanol–water partition coefficient (Wildman–Crippen LogP) is 2.56. The quantitative estimate of drug-likeness (QED) is 0.906. The fourth-order valence-electron chi connectivity index (χ4n) is 1.60. The second-order valence-electron chi connectivity index (χ2n) is 3.97. The van der Waals surface area contributed by atoms with Gasteiger partial charge in [0.1, 0.15) is 11.8 Å². The first-order valence-corrected chi connectivity index (χ1v) is 6.10. The zero-order chi connectivity index (χ0) is 15.4. The molecule has 6 nitrogen and oxygen atoms in total. The molecule has 1 aromatic carbocycles. The van der Waals surface area contributed by atoms with Crippen LogP contribution in [0.4, 0.5) is 5.69 Å². The van der Waals surface area contributed by atoms with Gasteiger partial charge in [-0.05, 0) is 24.3 Å². The lowest BCUT2D eigenvalue weighted by Gasteiger charge is -2.09. The molecule has 2 rings (SSSR count). The molecule has 0 aliphatic heterocycles. The first kappa shape index (κ1) is 14.5. The first-order valence-electron chi connectivity index (χ1n) is 5.72. The van der Waals surface area contributed by atoms with E-state index in [1.54, 1.807) is 0 Å². The van der Waals surface area contributed by atoms with Crippen LogP contribution in [-0.4, -0.2) is 22.0 Å². The Hall–Kier alpha value is -2.91. The summed E-state index contributed by atoms with van der Waals surface area (Å²) in [5.41, 5.74) is 0.244. The molecule has 0 aliphatic carbocycles. The molecule has 1 heterocycles. The van der Waals surface area contributed by atoms with Gasteiger partial charge in [-0.3, -0.25) is 4.79 Å². The Morgan fingerprint density at radius 3 is 2.62 bits per heavy atom. The Balaban J connectivity index is 2.31. The highest BCUT2D eigenvalue weighted by Crippen LogP contribution is 2.26. The van der Waals surface area contributed by atoms with E-state index in [2.05, 4.69) is 10.3 Å². The Bertz CT molecular complexity index is 751. The number of carboxylic acid groups (broad SMARTS) is 1. The Labute approximate surface area is 124 Å².